The molecule has 2 rings (SSSR count). The lowest BCUT2D eigenvalue weighted by molar-refractivity contribution is 0.602. The van der Waals surface area contributed by atoms with Crippen molar-refractivity contribution in [1.29, 1.82) is 0 Å². The first kappa shape index (κ1) is 9.78. The molecule has 1 heterocycles. The van der Waals surface area contributed by atoms with E-state index in [0.29, 0.717) is 11.3 Å². The van der Waals surface area contributed by atoms with E-state index in [2.05, 4.69) is 14.4 Å². The quantitative estimate of drug-likeness (QED) is 0.633. The van der Waals surface area contributed by atoms with Gasteiger partial charge in [-0.3, -0.25) is 4.72 Å². The van der Waals surface area contributed by atoms with Gasteiger partial charge in [0, 0.05) is 12.7 Å². The van der Waals surface area contributed by atoms with Crippen LogP contribution in [0.25, 0.3) is 0 Å². The van der Waals surface area contributed by atoms with Crippen LogP contribution in [0.15, 0.2) is 22.6 Å². The lowest BCUT2D eigenvalue weighted by Crippen LogP contribution is -2.27. The fourth-order valence-electron chi connectivity index (χ4n) is 1.46. The van der Waals surface area contributed by atoms with Crippen LogP contribution in [-0.4, -0.2) is 21.3 Å². The van der Waals surface area contributed by atoms with E-state index < -0.39 is 10.2 Å². The number of nitrogens with zero attached hydrogens (tertiary/aromatic N) is 1. The minimum atomic E-state index is -3.69. The molecule has 0 atom stereocenters. The molecule has 0 aliphatic carbocycles. The Morgan fingerprint density at radius 2 is 2.20 bits per heavy atom. The van der Waals surface area contributed by atoms with Crippen LogP contribution in [0.5, 0.6) is 0 Å². The Labute approximate surface area is 87.4 Å². The predicted octanol–water partition coefficient (Wildman–Crippen LogP) is 0.104. The van der Waals surface area contributed by atoms with Crippen LogP contribution < -0.4 is 15.8 Å². The molecule has 15 heavy (non-hydrogen) atoms. The second-order valence-electron chi connectivity index (χ2n) is 3.03. The van der Waals surface area contributed by atoms with Gasteiger partial charge in [-0.25, -0.2) is 0 Å². The highest BCUT2D eigenvalue weighted by atomic mass is 32.2. The summed E-state index contributed by atoms with van der Waals surface area (Å²) in [6.45, 7) is 0. The summed E-state index contributed by atoms with van der Waals surface area (Å²) >= 11 is 0. The van der Waals surface area contributed by atoms with Gasteiger partial charge in [0.15, 0.2) is 0 Å². The Morgan fingerprint density at radius 1 is 1.47 bits per heavy atom. The van der Waals surface area contributed by atoms with Crippen molar-refractivity contribution in [2.75, 3.05) is 17.1 Å². The number of anilines is 2. The van der Waals surface area contributed by atoms with Crippen molar-refractivity contribution in [2.24, 2.45) is 10.1 Å². The topological polar surface area (TPSA) is 96.6 Å². The number of hydrogen-bond donors (Lipinski definition) is 3. The number of fused-ring (bicyclic) bond motifs is 1. The number of amidine groups is 1. The third kappa shape index (κ3) is 1.61. The van der Waals surface area contributed by atoms with E-state index in [-0.39, 0.29) is 5.84 Å². The average molecular weight is 226 g/mol. The summed E-state index contributed by atoms with van der Waals surface area (Å²) in [5.74, 6) is -0.00583. The van der Waals surface area contributed by atoms with Crippen LogP contribution in [-0.2, 0) is 10.2 Å². The molecule has 1 aromatic carbocycles. The van der Waals surface area contributed by atoms with Crippen LogP contribution in [0.4, 0.5) is 11.4 Å². The van der Waals surface area contributed by atoms with Gasteiger partial charge in [0.2, 0.25) is 0 Å². The lowest BCUT2D eigenvalue weighted by atomic mass is 10.1. The van der Waals surface area contributed by atoms with Crippen molar-refractivity contribution >= 4 is 27.4 Å². The van der Waals surface area contributed by atoms with Crippen LogP contribution in [0, 0.1) is 0 Å². The molecule has 0 amide bonds. The Bertz CT molecular complexity index is 536. The summed E-state index contributed by atoms with van der Waals surface area (Å²) in [5, 5.41) is 2.92. The number of nitrogens with one attached hydrogen (secondary N) is 2. The number of benzene rings is 1. The predicted molar refractivity (Wildman–Crippen MR) is 59.3 cm³/mol. The Morgan fingerprint density at radius 3 is 2.87 bits per heavy atom. The van der Waals surface area contributed by atoms with Crippen molar-refractivity contribution in [3.8, 4) is 0 Å². The molecule has 0 bridgehead atoms. The molecule has 4 N–H and O–H groups in total. The van der Waals surface area contributed by atoms with E-state index in [1.165, 1.54) is 0 Å². The standard InChI is InChI=1S/C8H10N4O2S/c1-10-5-3-2-4-6-7(5)8(9)12-15(13,14)11-6/h2-4,10-11H,1H3,(H2,9,12). The van der Waals surface area contributed by atoms with Crippen molar-refractivity contribution in [3.05, 3.63) is 23.8 Å². The molecule has 0 saturated carbocycles. The van der Waals surface area contributed by atoms with Gasteiger partial charge in [-0.05, 0) is 12.1 Å². The highest BCUT2D eigenvalue weighted by molar-refractivity contribution is 7.91. The van der Waals surface area contributed by atoms with Gasteiger partial charge in [-0.15, -0.1) is 4.40 Å². The molecule has 0 unspecified atom stereocenters. The molecule has 0 aromatic heterocycles. The molecular formula is C8H10N4O2S. The molecule has 1 aliphatic heterocycles. The first-order valence-corrected chi connectivity index (χ1v) is 5.67. The molecule has 1 aromatic rings. The fourth-order valence-corrected chi connectivity index (χ4v) is 2.30. The molecule has 7 heteroatoms. The van der Waals surface area contributed by atoms with Gasteiger partial charge in [0.05, 0.1) is 11.3 Å². The summed E-state index contributed by atoms with van der Waals surface area (Å²) in [4.78, 5) is 0. The van der Waals surface area contributed by atoms with Crippen LogP contribution in [0.2, 0.25) is 0 Å². The third-order valence-corrected chi connectivity index (χ3v) is 2.96. The molecule has 1 aliphatic rings. The van der Waals surface area contributed by atoms with Gasteiger partial charge in [-0.1, -0.05) is 6.07 Å². The molecular weight excluding hydrogens is 216 g/mol. The van der Waals surface area contributed by atoms with Crippen molar-refractivity contribution < 1.29 is 8.42 Å². The van der Waals surface area contributed by atoms with Crippen molar-refractivity contribution in [3.63, 3.8) is 0 Å². The van der Waals surface area contributed by atoms with Gasteiger partial charge >= 0.3 is 10.2 Å². The Balaban J connectivity index is 2.70. The molecule has 0 radical (unpaired) electrons. The maximum atomic E-state index is 11.2. The normalized spacial score (nSPS) is 17.3. The largest absolute Gasteiger partial charge is 0.387 e. The van der Waals surface area contributed by atoms with Crippen molar-refractivity contribution in [2.45, 2.75) is 0 Å². The summed E-state index contributed by atoms with van der Waals surface area (Å²) in [5.41, 5.74) is 7.34. The first-order chi connectivity index (χ1) is 7.03. The summed E-state index contributed by atoms with van der Waals surface area (Å²) in [6.07, 6.45) is 0. The smallest absolute Gasteiger partial charge is 0.344 e. The zero-order valence-electron chi connectivity index (χ0n) is 7.98. The third-order valence-electron chi connectivity index (χ3n) is 2.05. The SMILES string of the molecule is CNc1cccc2c1C(N)=NS(=O)(=O)N2. The molecule has 0 saturated heterocycles. The van der Waals surface area contributed by atoms with Crippen LogP contribution >= 0.6 is 0 Å². The maximum absolute atomic E-state index is 11.2. The maximum Gasteiger partial charge on any atom is 0.344 e. The van der Waals surface area contributed by atoms with Gasteiger partial charge < -0.3 is 11.1 Å². The van der Waals surface area contributed by atoms with E-state index in [1.807, 2.05) is 0 Å². The second-order valence-corrected chi connectivity index (χ2v) is 4.37. The fraction of sp³-hybridized carbons (Fsp3) is 0.125. The average Bonchev–Trinajstić information content (AvgIpc) is 2.14. The van der Waals surface area contributed by atoms with Gasteiger partial charge in [-0.2, -0.15) is 8.42 Å². The molecule has 0 spiro atoms. The minimum absolute atomic E-state index is 0.00583. The van der Waals surface area contributed by atoms with Crippen LogP contribution in [0.3, 0.4) is 0 Å². The molecule has 6 nitrogen and oxygen atoms in total. The Kier molecular flexibility index (Phi) is 2.04. The lowest BCUT2D eigenvalue weighted by Gasteiger charge is -2.18. The highest BCUT2D eigenvalue weighted by Crippen LogP contribution is 2.28. The van der Waals surface area contributed by atoms with E-state index in [1.54, 1.807) is 25.2 Å². The second kappa shape index (κ2) is 3.13. The zero-order valence-corrected chi connectivity index (χ0v) is 8.80. The monoisotopic (exact) mass is 226 g/mol. The minimum Gasteiger partial charge on any atom is -0.387 e. The van der Waals surface area contributed by atoms with Gasteiger partial charge in [0.25, 0.3) is 0 Å². The summed E-state index contributed by atoms with van der Waals surface area (Å²) < 4.78 is 28.1. The number of hydrogen-bond acceptors (Lipinski definition) is 4. The van der Waals surface area contributed by atoms with Gasteiger partial charge in [0.1, 0.15) is 5.84 Å². The number of nitrogens with two attached hydrogens (primary N) is 1. The van der Waals surface area contributed by atoms with E-state index in [0.717, 1.165) is 5.69 Å². The van der Waals surface area contributed by atoms with E-state index in [4.69, 9.17) is 5.73 Å². The molecule has 0 fully saturated rings. The summed E-state index contributed by atoms with van der Waals surface area (Å²) in [7, 11) is -1.96. The summed E-state index contributed by atoms with van der Waals surface area (Å²) in [6, 6.07) is 5.15. The first-order valence-electron chi connectivity index (χ1n) is 4.23. The highest BCUT2D eigenvalue weighted by Gasteiger charge is 2.22. The van der Waals surface area contributed by atoms with Crippen molar-refractivity contribution in [1.82, 2.24) is 0 Å². The van der Waals surface area contributed by atoms with E-state index >= 15 is 0 Å². The molecule has 80 valence electrons. The Hall–Kier alpha value is -1.76. The van der Waals surface area contributed by atoms with Crippen LogP contribution in [0.1, 0.15) is 5.56 Å². The number of rotatable bonds is 1. The zero-order chi connectivity index (χ0) is 11.1. The van der Waals surface area contributed by atoms with E-state index in [9.17, 15) is 8.42 Å².